The normalized spacial score (nSPS) is 18.9. The molecule has 0 aromatic carbocycles. The van der Waals surface area contributed by atoms with Crippen molar-refractivity contribution in [1.29, 1.82) is 0 Å². The second kappa shape index (κ2) is 10.1. The quantitative estimate of drug-likeness (QED) is 0.463. The number of unbranched alkanes of at least 4 members (excludes halogenated alkanes) is 1. The number of hydrogen-bond donors (Lipinski definition) is 1. The molecule has 0 radical (unpaired) electrons. The Bertz CT molecular complexity index is 834. The highest BCUT2D eigenvalue weighted by molar-refractivity contribution is 7.89. The Hall–Kier alpha value is -1.71. The van der Waals surface area contributed by atoms with Crippen LogP contribution in [0.4, 0.5) is 0 Å². The average Bonchev–Trinajstić information content (AvgIpc) is 3.11. The molecule has 2 heterocycles. The topological polar surface area (TPSA) is 106 Å². The van der Waals surface area contributed by atoms with Crippen molar-refractivity contribution in [2.45, 2.75) is 89.4 Å². The molecule has 1 fully saturated rings. The molecule has 0 spiro atoms. The predicted molar refractivity (Wildman–Crippen MR) is 113 cm³/mol. The molecule has 1 N–H and O–H groups in total. The maximum atomic E-state index is 13.5. The van der Waals surface area contributed by atoms with Gasteiger partial charge in [-0.15, -0.1) is 0 Å². The molecule has 8 nitrogen and oxygen atoms in total. The van der Waals surface area contributed by atoms with Gasteiger partial charge in [-0.05, 0) is 78.9 Å². The van der Waals surface area contributed by atoms with Crippen molar-refractivity contribution in [3.63, 3.8) is 0 Å². The van der Waals surface area contributed by atoms with E-state index in [1.54, 1.807) is 33.8 Å². The van der Waals surface area contributed by atoms with E-state index in [1.807, 2.05) is 6.92 Å². The van der Waals surface area contributed by atoms with Crippen molar-refractivity contribution >= 4 is 16.0 Å². The lowest BCUT2D eigenvalue weighted by Crippen LogP contribution is -2.43. The number of carbonyl (C=O) groups is 1. The highest BCUT2D eigenvalue weighted by Gasteiger charge is 2.42. The SMILES string of the molecule is Cc1ccc(S(=O)(=O)N2CCC[C@H]2C(=O)OC(C)(C)C)c(O[C@H](C)CCCCO)n1. The molecule has 0 amide bonds. The summed E-state index contributed by atoms with van der Waals surface area (Å²) < 4.78 is 39.4. The van der Waals surface area contributed by atoms with Gasteiger partial charge in [-0.1, -0.05) is 0 Å². The predicted octanol–water partition coefficient (Wildman–Crippen LogP) is 2.81. The van der Waals surface area contributed by atoms with Crippen molar-refractivity contribution in [2.24, 2.45) is 0 Å². The molecule has 30 heavy (non-hydrogen) atoms. The third kappa shape index (κ3) is 6.39. The molecule has 0 saturated carbocycles. The third-order valence-electron chi connectivity index (χ3n) is 4.77. The molecule has 1 aliphatic rings. The number of aryl methyl sites for hydroxylation is 1. The van der Waals surface area contributed by atoms with Crippen LogP contribution in [0.1, 0.15) is 65.5 Å². The second-order valence-corrected chi connectivity index (χ2v) is 10.6. The Kier molecular flexibility index (Phi) is 8.24. The molecule has 1 aliphatic heterocycles. The molecule has 2 atom stereocenters. The summed E-state index contributed by atoms with van der Waals surface area (Å²) in [5, 5.41) is 8.94. The van der Waals surface area contributed by atoms with Gasteiger partial charge in [0.2, 0.25) is 15.9 Å². The van der Waals surface area contributed by atoms with Gasteiger partial charge in [0.25, 0.3) is 0 Å². The number of pyridine rings is 1. The minimum atomic E-state index is -4.00. The molecule has 9 heteroatoms. The van der Waals surface area contributed by atoms with Gasteiger partial charge in [-0.3, -0.25) is 4.79 Å². The van der Waals surface area contributed by atoms with Crippen molar-refractivity contribution < 1.29 is 27.8 Å². The summed E-state index contributed by atoms with van der Waals surface area (Å²) in [5.74, 6) is -0.496. The van der Waals surface area contributed by atoms with Gasteiger partial charge in [0.1, 0.15) is 16.5 Å². The van der Waals surface area contributed by atoms with E-state index in [-0.39, 0.29) is 30.0 Å². The number of sulfonamides is 1. The summed E-state index contributed by atoms with van der Waals surface area (Å²) in [6, 6.07) is 2.25. The standard InChI is InChI=1S/C21H34N2O6S/c1-15-11-12-18(19(22-15)28-16(2)9-6-7-14-24)30(26,27)23-13-8-10-17(23)20(25)29-21(3,4)5/h11-12,16-17,24H,6-10,13-14H2,1-5H3/t16-,17+/m1/s1. The Morgan fingerprint density at radius 1 is 1.33 bits per heavy atom. The zero-order chi connectivity index (χ0) is 22.5. The van der Waals surface area contributed by atoms with E-state index >= 15 is 0 Å². The summed E-state index contributed by atoms with van der Waals surface area (Å²) in [7, 11) is -4.00. The number of nitrogens with zero attached hydrogens (tertiary/aromatic N) is 2. The zero-order valence-corrected chi connectivity index (χ0v) is 19.4. The van der Waals surface area contributed by atoms with Crippen molar-refractivity contribution in [3.8, 4) is 5.88 Å². The van der Waals surface area contributed by atoms with Crippen LogP contribution in [0.3, 0.4) is 0 Å². The van der Waals surface area contributed by atoms with Gasteiger partial charge in [-0.25, -0.2) is 13.4 Å². The van der Waals surface area contributed by atoms with Crippen LogP contribution in [0.15, 0.2) is 17.0 Å². The van der Waals surface area contributed by atoms with E-state index in [4.69, 9.17) is 14.6 Å². The fraction of sp³-hybridized carbons (Fsp3) is 0.714. The first-order chi connectivity index (χ1) is 14.0. The van der Waals surface area contributed by atoms with Crippen LogP contribution in [0.25, 0.3) is 0 Å². The van der Waals surface area contributed by atoms with Gasteiger partial charge < -0.3 is 14.6 Å². The van der Waals surface area contributed by atoms with E-state index < -0.39 is 27.6 Å². The molecule has 0 unspecified atom stereocenters. The van der Waals surface area contributed by atoms with Crippen LogP contribution >= 0.6 is 0 Å². The van der Waals surface area contributed by atoms with Gasteiger partial charge in [-0.2, -0.15) is 4.31 Å². The Labute approximate surface area is 179 Å². The monoisotopic (exact) mass is 442 g/mol. The fourth-order valence-corrected chi connectivity index (χ4v) is 5.06. The van der Waals surface area contributed by atoms with Crippen molar-refractivity contribution in [1.82, 2.24) is 9.29 Å². The molecule has 2 rings (SSSR count). The first-order valence-corrected chi connectivity index (χ1v) is 11.9. The van der Waals surface area contributed by atoms with Crippen LogP contribution in [-0.2, 0) is 19.6 Å². The smallest absolute Gasteiger partial charge is 0.324 e. The van der Waals surface area contributed by atoms with E-state index in [9.17, 15) is 13.2 Å². The molecule has 0 aliphatic carbocycles. The number of rotatable bonds is 9. The van der Waals surface area contributed by atoms with Crippen LogP contribution in [0, 0.1) is 6.92 Å². The van der Waals surface area contributed by atoms with Crippen molar-refractivity contribution in [2.75, 3.05) is 13.2 Å². The van der Waals surface area contributed by atoms with Crippen LogP contribution in [-0.4, -0.2) is 59.7 Å². The molecular formula is C21H34N2O6S. The molecule has 0 bridgehead atoms. The average molecular weight is 443 g/mol. The lowest BCUT2D eigenvalue weighted by molar-refractivity contribution is -0.158. The Morgan fingerprint density at radius 2 is 2.03 bits per heavy atom. The molecule has 1 saturated heterocycles. The lowest BCUT2D eigenvalue weighted by Gasteiger charge is -2.27. The zero-order valence-electron chi connectivity index (χ0n) is 18.6. The maximum Gasteiger partial charge on any atom is 0.324 e. The second-order valence-electron chi connectivity index (χ2n) is 8.71. The third-order valence-corrected chi connectivity index (χ3v) is 6.69. The maximum absolute atomic E-state index is 13.5. The molecular weight excluding hydrogens is 408 g/mol. The van der Waals surface area contributed by atoms with E-state index in [1.165, 1.54) is 10.4 Å². The number of aliphatic hydroxyl groups excluding tert-OH is 1. The Morgan fingerprint density at radius 3 is 2.67 bits per heavy atom. The summed E-state index contributed by atoms with van der Waals surface area (Å²) in [6.07, 6.45) is 2.82. The van der Waals surface area contributed by atoms with E-state index in [2.05, 4.69) is 4.98 Å². The molecule has 1 aromatic heterocycles. The number of esters is 1. The fourth-order valence-electron chi connectivity index (χ4n) is 3.35. The van der Waals surface area contributed by atoms with Gasteiger partial charge in [0, 0.05) is 18.8 Å². The number of aromatic nitrogens is 1. The highest BCUT2D eigenvalue weighted by atomic mass is 32.2. The van der Waals surface area contributed by atoms with E-state index in [0.717, 1.165) is 6.42 Å². The number of aliphatic hydroxyl groups is 1. The first kappa shape index (κ1) is 24.6. The van der Waals surface area contributed by atoms with E-state index in [0.29, 0.717) is 31.4 Å². The largest absolute Gasteiger partial charge is 0.474 e. The van der Waals surface area contributed by atoms with Crippen LogP contribution in [0.5, 0.6) is 5.88 Å². The van der Waals surface area contributed by atoms with Crippen LogP contribution in [0.2, 0.25) is 0 Å². The van der Waals surface area contributed by atoms with Gasteiger partial charge in [0.05, 0.1) is 6.10 Å². The van der Waals surface area contributed by atoms with Gasteiger partial charge >= 0.3 is 5.97 Å². The first-order valence-electron chi connectivity index (χ1n) is 10.5. The molecule has 170 valence electrons. The summed E-state index contributed by atoms with van der Waals surface area (Å²) in [6.45, 7) is 9.23. The number of carbonyl (C=O) groups excluding carboxylic acids is 1. The number of hydrogen-bond acceptors (Lipinski definition) is 7. The van der Waals surface area contributed by atoms with Crippen LogP contribution < -0.4 is 4.74 Å². The summed E-state index contributed by atoms with van der Waals surface area (Å²) in [5.41, 5.74) is -0.0599. The lowest BCUT2D eigenvalue weighted by atomic mass is 10.2. The summed E-state index contributed by atoms with van der Waals surface area (Å²) in [4.78, 5) is 16.9. The minimum Gasteiger partial charge on any atom is -0.474 e. The van der Waals surface area contributed by atoms with Gasteiger partial charge in [0.15, 0.2) is 0 Å². The highest BCUT2D eigenvalue weighted by Crippen LogP contribution is 2.32. The summed E-state index contributed by atoms with van der Waals surface area (Å²) >= 11 is 0. The van der Waals surface area contributed by atoms with Crippen molar-refractivity contribution in [3.05, 3.63) is 17.8 Å². The Balaban J connectivity index is 2.29. The molecule has 1 aromatic rings. The number of ether oxygens (including phenoxy) is 2. The minimum absolute atomic E-state index is 0.0429.